The van der Waals surface area contributed by atoms with Crippen molar-refractivity contribution in [2.75, 3.05) is 0 Å². The van der Waals surface area contributed by atoms with Crippen molar-refractivity contribution in [2.45, 2.75) is 13.5 Å². The fraction of sp³-hybridized carbons (Fsp3) is 0.118. The second-order valence-corrected chi connectivity index (χ2v) is 7.22. The predicted molar refractivity (Wildman–Crippen MR) is 93.3 cm³/mol. The molecule has 0 spiro atoms. The zero-order chi connectivity index (χ0) is 17.4. The molecule has 0 aliphatic rings. The number of carbonyl (C=O) groups excluding carboxylic acids is 1. The number of benzene rings is 1. The highest BCUT2D eigenvalue weighted by Crippen LogP contribution is 2.33. The van der Waals surface area contributed by atoms with Gasteiger partial charge in [0.1, 0.15) is 10.7 Å². The highest BCUT2D eigenvalue weighted by molar-refractivity contribution is 7.21. The van der Waals surface area contributed by atoms with Crippen molar-refractivity contribution in [3.8, 4) is 10.8 Å². The normalized spacial score (nSPS) is 11.1. The number of carbonyl (C=O) groups is 1. The summed E-state index contributed by atoms with van der Waals surface area (Å²) in [5.74, 6) is -0.278. The molecular weight excluding hydrogens is 363 g/mol. The van der Waals surface area contributed by atoms with Gasteiger partial charge in [0.25, 0.3) is 11.8 Å². The number of fused-ring (bicyclic) bond motifs is 1. The first-order valence-electron chi connectivity index (χ1n) is 7.34. The molecule has 3 heterocycles. The first-order valence-corrected chi connectivity index (χ1v) is 9.04. The van der Waals surface area contributed by atoms with E-state index in [0.29, 0.717) is 26.4 Å². The lowest BCUT2D eigenvalue weighted by Gasteiger charge is -2.01. The van der Waals surface area contributed by atoms with Crippen LogP contribution in [0.2, 0.25) is 0 Å². The van der Waals surface area contributed by atoms with Gasteiger partial charge in [-0.25, -0.2) is 9.18 Å². The van der Waals surface area contributed by atoms with Crippen LogP contribution in [0, 0.1) is 12.7 Å². The van der Waals surface area contributed by atoms with E-state index in [2.05, 4.69) is 10.2 Å². The minimum absolute atomic E-state index is 0.132. The van der Waals surface area contributed by atoms with Crippen molar-refractivity contribution in [1.82, 2.24) is 10.2 Å². The maximum Gasteiger partial charge on any atom is 0.349 e. The lowest BCUT2D eigenvalue weighted by Crippen LogP contribution is -2.05. The van der Waals surface area contributed by atoms with Gasteiger partial charge in [-0.15, -0.1) is 32.9 Å². The number of halogens is 1. The Hall–Kier alpha value is -2.58. The van der Waals surface area contributed by atoms with Gasteiger partial charge >= 0.3 is 5.97 Å². The summed E-state index contributed by atoms with van der Waals surface area (Å²) in [6.45, 7) is 1.58. The zero-order valence-electron chi connectivity index (χ0n) is 13.0. The number of nitrogens with zero attached hydrogens (tertiary/aromatic N) is 2. The van der Waals surface area contributed by atoms with E-state index in [4.69, 9.17) is 9.15 Å². The van der Waals surface area contributed by atoms with E-state index in [1.807, 2.05) is 17.5 Å². The average molecular weight is 374 g/mol. The van der Waals surface area contributed by atoms with Crippen molar-refractivity contribution in [1.29, 1.82) is 0 Å². The molecule has 0 amide bonds. The number of aromatic nitrogens is 2. The zero-order valence-corrected chi connectivity index (χ0v) is 14.6. The Morgan fingerprint density at radius 3 is 2.92 bits per heavy atom. The minimum atomic E-state index is -0.533. The van der Waals surface area contributed by atoms with E-state index < -0.39 is 5.97 Å². The van der Waals surface area contributed by atoms with Crippen LogP contribution >= 0.6 is 22.7 Å². The molecule has 3 aromatic heterocycles. The average Bonchev–Trinajstić information content (AvgIpc) is 3.33. The number of esters is 1. The molecule has 0 atom stereocenters. The van der Waals surface area contributed by atoms with E-state index in [1.54, 1.807) is 19.1 Å². The van der Waals surface area contributed by atoms with Gasteiger partial charge in [-0.1, -0.05) is 12.1 Å². The largest absolute Gasteiger partial charge is 0.451 e. The Morgan fingerprint density at radius 1 is 1.28 bits per heavy atom. The quantitative estimate of drug-likeness (QED) is 0.479. The number of hydrogen-bond donors (Lipinski definition) is 0. The Bertz CT molecular complexity index is 1050. The van der Waals surface area contributed by atoms with Gasteiger partial charge in [-0.2, -0.15) is 0 Å². The topological polar surface area (TPSA) is 65.2 Å². The highest BCUT2D eigenvalue weighted by Gasteiger charge is 2.20. The van der Waals surface area contributed by atoms with Crippen LogP contribution in [0.5, 0.6) is 0 Å². The van der Waals surface area contributed by atoms with Crippen LogP contribution in [0.1, 0.15) is 21.1 Å². The van der Waals surface area contributed by atoms with E-state index in [0.717, 1.165) is 4.88 Å². The molecule has 4 rings (SSSR count). The molecular formula is C17H11FN2O3S2. The third kappa shape index (κ3) is 2.94. The molecule has 0 unspecified atom stereocenters. The summed E-state index contributed by atoms with van der Waals surface area (Å²) < 4.78 is 25.4. The summed E-state index contributed by atoms with van der Waals surface area (Å²) in [6.07, 6.45) is 0. The molecule has 4 aromatic rings. The van der Waals surface area contributed by atoms with Crippen molar-refractivity contribution >= 4 is 38.7 Å². The van der Waals surface area contributed by atoms with E-state index in [-0.39, 0.29) is 18.3 Å². The monoisotopic (exact) mass is 374 g/mol. The van der Waals surface area contributed by atoms with Gasteiger partial charge < -0.3 is 9.15 Å². The summed E-state index contributed by atoms with van der Waals surface area (Å²) in [6, 6.07) is 8.52. The number of rotatable bonds is 4. The van der Waals surface area contributed by atoms with Crippen LogP contribution in [0.15, 0.2) is 40.1 Å². The number of thiophene rings is 2. The predicted octanol–water partition coefficient (Wildman–Crippen LogP) is 4.82. The fourth-order valence-corrected chi connectivity index (χ4v) is 4.21. The van der Waals surface area contributed by atoms with Gasteiger partial charge in [0.2, 0.25) is 0 Å². The fourth-order valence-electron chi connectivity index (χ4n) is 2.45. The van der Waals surface area contributed by atoms with Crippen molar-refractivity contribution in [3.05, 3.63) is 57.9 Å². The van der Waals surface area contributed by atoms with Crippen LogP contribution in [0.3, 0.4) is 0 Å². The SMILES string of the molecule is Cc1c(C(=O)OCc2nnc(-c3cccs3)o2)sc2cccc(F)c12. The van der Waals surface area contributed by atoms with Crippen LogP contribution < -0.4 is 0 Å². The molecule has 25 heavy (non-hydrogen) atoms. The molecule has 0 aliphatic heterocycles. The maximum absolute atomic E-state index is 13.9. The van der Waals surface area contributed by atoms with Crippen molar-refractivity contribution in [3.63, 3.8) is 0 Å². The summed E-state index contributed by atoms with van der Waals surface area (Å²) in [5.41, 5.74) is 0.577. The summed E-state index contributed by atoms with van der Waals surface area (Å²) in [4.78, 5) is 13.6. The Morgan fingerprint density at radius 2 is 2.16 bits per heavy atom. The van der Waals surface area contributed by atoms with Gasteiger partial charge in [0, 0.05) is 10.1 Å². The van der Waals surface area contributed by atoms with Gasteiger partial charge in [0.05, 0.1) is 4.88 Å². The molecule has 0 radical (unpaired) electrons. The second kappa shape index (κ2) is 6.38. The molecule has 0 saturated heterocycles. The molecule has 0 saturated carbocycles. The molecule has 8 heteroatoms. The Kier molecular flexibility index (Phi) is 4.06. The van der Waals surface area contributed by atoms with Crippen LogP contribution in [-0.2, 0) is 11.3 Å². The Labute approximate surface area is 149 Å². The van der Waals surface area contributed by atoms with Gasteiger partial charge in [-0.3, -0.25) is 0 Å². The first-order chi connectivity index (χ1) is 12.1. The van der Waals surface area contributed by atoms with Gasteiger partial charge in [0.15, 0.2) is 6.61 Å². The number of hydrogen-bond acceptors (Lipinski definition) is 7. The maximum atomic E-state index is 13.9. The van der Waals surface area contributed by atoms with Crippen molar-refractivity contribution in [2.24, 2.45) is 0 Å². The number of ether oxygens (including phenoxy) is 1. The van der Waals surface area contributed by atoms with Crippen LogP contribution in [0.4, 0.5) is 4.39 Å². The Balaban J connectivity index is 1.51. The lowest BCUT2D eigenvalue weighted by atomic mass is 10.1. The number of aryl methyl sites for hydroxylation is 1. The van der Waals surface area contributed by atoms with Crippen LogP contribution in [-0.4, -0.2) is 16.2 Å². The molecule has 0 aliphatic carbocycles. The second-order valence-electron chi connectivity index (χ2n) is 5.22. The lowest BCUT2D eigenvalue weighted by molar-refractivity contribution is 0.0444. The summed E-state index contributed by atoms with van der Waals surface area (Å²) in [5, 5.41) is 10.2. The first kappa shape index (κ1) is 15.9. The molecule has 1 aromatic carbocycles. The molecule has 126 valence electrons. The van der Waals surface area contributed by atoms with Gasteiger partial charge in [-0.05, 0) is 36.1 Å². The summed E-state index contributed by atoms with van der Waals surface area (Å²) in [7, 11) is 0. The molecule has 0 fully saturated rings. The van der Waals surface area contributed by atoms with Crippen molar-refractivity contribution < 1.29 is 18.3 Å². The highest BCUT2D eigenvalue weighted by atomic mass is 32.1. The molecule has 0 bridgehead atoms. The molecule has 5 nitrogen and oxygen atoms in total. The van der Waals surface area contributed by atoms with Crippen LogP contribution in [0.25, 0.3) is 20.9 Å². The summed E-state index contributed by atoms with van der Waals surface area (Å²) >= 11 is 2.68. The van der Waals surface area contributed by atoms with E-state index in [9.17, 15) is 9.18 Å². The third-order valence-electron chi connectivity index (χ3n) is 3.61. The smallest absolute Gasteiger partial charge is 0.349 e. The van der Waals surface area contributed by atoms with E-state index >= 15 is 0 Å². The molecule has 0 N–H and O–H groups in total. The minimum Gasteiger partial charge on any atom is -0.451 e. The third-order valence-corrected chi connectivity index (χ3v) is 5.71. The standard InChI is InChI=1S/C17H11FN2O3S2/c1-9-14-10(18)4-2-5-11(14)25-15(9)17(21)22-8-13-19-20-16(23-13)12-6-3-7-24-12/h2-7H,8H2,1H3. The van der Waals surface area contributed by atoms with E-state index in [1.165, 1.54) is 28.7 Å².